The Bertz CT molecular complexity index is 711. The Balaban J connectivity index is 1.48. The molecule has 0 bridgehead atoms. The van der Waals surface area contributed by atoms with Crippen molar-refractivity contribution >= 4 is 6.03 Å². The van der Waals surface area contributed by atoms with E-state index in [1.807, 2.05) is 6.92 Å². The van der Waals surface area contributed by atoms with Gasteiger partial charge in [-0.3, -0.25) is 0 Å². The molecule has 3 rings (SSSR count). The highest BCUT2D eigenvalue weighted by atomic mass is 16.5. The number of hydrogen-bond donors (Lipinski definition) is 2. The van der Waals surface area contributed by atoms with Gasteiger partial charge in [-0.2, -0.15) is 4.98 Å². The summed E-state index contributed by atoms with van der Waals surface area (Å²) >= 11 is 0. The standard InChI is InChI=1S/C18H24N4O2/c1-12(15-8-7-14-5-3-4-6-16(14)11-15)20-18(23)19-10-9-17-21-13(2)22-24-17/h7-8,11-12H,3-6,9-10H2,1-2H3,(H2,19,20,23)/t12-/m0/s1. The minimum Gasteiger partial charge on any atom is -0.339 e. The van der Waals surface area contributed by atoms with Crippen molar-refractivity contribution in [1.82, 2.24) is 20.8 Å². The summed E-state index contributed by atoms with van der Waals surface area (Å²) < 4.78 is 5.02. The van der Waals surface area contributed by atoms with Crippen molar-refractivity contribution in [3.05, 3.63) is 46.6 Å². The number of rotatable bonds is 5. The number of carbonyl (C=O) groups excluding carboxylic acids is 1. The zero-order chi connectivity index (χ0) is 16.9. The minimum absolute atomic E-state index is 0.0251. The molecule has 0 unspecified atom stereocenters. The van der Waals surface area contributed by atoms with Crippen molar-refractivity contribution in [3.63, 3.8) is 0 Å². The van der Waals surface area contributed by atoms with Crippen LogP contribution in [0.3, 0.4) is 0 Å². The van der Waals surface area contributed by atoms with Crippen molar-refractivity contribution in [1.29, 1.82) is 0 Å². The summed E-state index contributed by atoms with van der Waals surface area (Å²) in [5.74, 6) is 1.14. The predicted molar refractivity (Wildman–Crippen MR) is 90.8 cm³/mol. The fourth-order valence-corrected chi connectivity index (χ4v) is 3.08. The number of amides is 2. The topological polar surface area (TPSA) is 80.0 Å². The molecule has 128 valence electrons. The lowest BCUT2D eigenvalue weighted by molar-refractivity contribution is 0.237. The van der Waals surface area contributed by atoms with Gasteiger partial charge in [-0.25, -0.2) is 4.79 Å². The van der Waals surface area contributed by atoms with Gasteiger partial charge in [-0.05, 0) is 56.2 Å². The molecule has 2 aromatic rings. The molecule has 0 spiro atoms. The van der Waals surface area contributed by atoms with Crippen LogP contribution in [0, 0.1) is 6.92 Å². The highest BCUT2D eigenvalue weighted by Crippen LogP contribution is 2.24. The van der Waals surface area contributed by atoms with Crippen LogP contribution in [-0.4, -0.2) is 22.7 Å². The molecule has 6 heteroatoms. The Morgan fingerprint density at radius 2 is 2.08 bits per heavy atom. The van der Waals surface area contributed by atoms with Gasteiger partial charge in [0.2, 0.25) is 5.89 Å². The van der Waals surface area contributed by atoms with Crippen LogP contribution in [0.25, 0.3) is 0 Å². The number of nitrogens with zero attached hydrogens (tertiary/aromatic N) is 2. The fourth-order valence-electron chi connectivity index (χ4n) is 3.08. The number of fused-ring (bicyclic) bond motifs is 1. The molecular formula is C18H24N4O2. The number of benzene rings is 1. The lowest BCUT2D eigenvalue weighted by atomic mass is 9.89. The van der Waals surface area contributed by atoms with Gasteiger partial charge in [-0.1, -0.05) is 23.4 Å². The molecule has 0 radical (unpaired) electrons. The molecule has 0 saturated heterocycles. The zero-order valence-electron chi connectivity index (χ0n) is 14.3. The van der Waals surface area contributed by atoms with E-state index < -0.39 is 0 Å². The van der Waals surface area contributed by atoms with Gasteiger partial charge in [-0.15, -0.1) is 0 Å². The third-order valence-corrected chi connectivity index (χ3v) is 4.41. The summed E-state index contributed by atoms with van der Waals surface area (Å²) in [6.45, 7) is 4.24. The maximum Gasteiger partial charge on any atom is 0.315 e. The van der Waals surface area contributed by atoms with Gasteiger partial charge in [0.25, 0.3) is 0 Å². The monoisotopic (exact) mass is 328 g/mol. The molecule has 1 heterocycles. The summed E-state index contributed by atoms with van der Waals surface area (Å²) in [6.07, 6.45) is 5.39. The SMILES string of the molecule is Cc1noc(CCNC(=O)N[C@@H](C)c2ccc3c(c2)CCCC3)n1. The molecule has 1 aromatic heterocycles. The van der Waals surface area contributed by atoms with E-state index in [2.05, 4.69) is 39.0 Å². The highest BCUT2D eigenvalue weighted by Gasteiger charge is 2.14. The van der Waals surface area contributed by atoms with Crippen molar-refractivity contribution in [2.75, 3.05) is 6.54 Å². The molecule has 1 aliphatic carbocycles. The van der Waals surface area contributed by atoms with Crippen LogP contribution in [0.2, 0.25) is 0 Å². The average Bonchev–Trinajstić information content (AvgIpc) is 2.99. The molecule has 1 aliphatic rings. The smallest absolute Gasteiger partial charge is 0.315 e. The number of urea groups is 1. The molecule has 2 N–H and O–H groups in total. The van der Waals surface area contributed by atoms with Crippen LogP contribution in [-0.2, 0) is 19.3 Å². The molecule has 24 heavy (non-hydrogen) atoms. The first-order valence-corrected chi connectivity index (χ1v) is 8.57. The largest absolute Gasteiger partial charge is 0.339 e. The third kappa shape index (κ3) is 4.13. The van der Waals surface area contributed by atoms with Crippen molar-refractivity contribution < 1.29 is 9.32 Å². The van der Waals surface area contributed by atoms with Gasteiger partial charge in [0.05, 0.1) is 6.04 Å². The van der Waals surface area contributed by atoms with E-state index in [0.717, 1.165) is 12.0 Å². The Morgan fingerprint density at radius 1 is 1.29 bits per heavy atom. The van der Waals surface area contributed by atoms with Crippen molar-refractivity contribution in [3.8, 4) is 0 Å². The van der Waals surface area contributed by atoms with Gasteiger partial charge >= 0.3 is 6.03 Å². The molecule has 2 amide bonds. The van der Waals surface area contributed by atoms with Crippen LogP contribution in [0.4, 0.5) is 4.79 Å². The first kappa shape index (κ1) is 16.5. The normalized spacial score (nSPS) is 14.8. The Hall–Kier alpha value is -2.37. The molecule has 0 fully saturated rings. The second-order valence-corrected chi connectivity index (χ2v) is 6.34. The zero-order valence-corrected chi connectivity index (χ0v) is 14.3. The van der Waals surface area contributed by atoms with Crippen molar-refractivity contribution in [2.24, 2.45) is 0 Å². The summed E-state index contributed by atoms with van der Waals surface area (Å²) in [5.41, 5.74) is 4.04. The van der Waals surface area contributed by atoms with Gasteiger partial charge in [0.1, 0.15) is 0 Å². The first-order valence-electron chi connectivity index (χ1n) is 8.57. The second-order valence-electron chi connectivity index (χ2n) is 6.34. The number of aryl methyl sites for hydroxylation is 3. The van der Waals surface area contributed by atoms with E-state index >= 15 is 0 Å². The van der Waals surface area contributed by atoms with Crippen LogP contribution >= 0.6 is 0 Å². The Labute approximate surface area is 142 Å². The fraction of sp³-hybridized carbons (Fsp3) is 0.500. The van der Waals surface area contributed by atoms with Crippen LogP contribution in [0.15, 0.2) is 22.7 Å². The van der Waals surface area contributed by atoms with Crippen molar-refractivity contribution in [2.45, 2.75) is 52.0 Å². The van der Waals surface area contributed by atoms with Crippen LogP contribution in [0.1, 0.15) is 54.2 Å². The Morgan fingerprint density at radius 3 is 2.83 bits per heavy atom. The third-order valence-electron chi connectivity index (χ3n) is 4.41. The number of carbonyl (C=O) groups is 1. The second kappa shape index (κ2) is 7.47. The molecule has 6 nitrogen and oxygen atoms in total. The summed E-state index contributed by atoms with van der Waals surface area (Å²) in [5, 5.41) is 9.53. The van der Waals surface area contributed by atoms with E-state index in [1.165, 1.54) is 30.4 Å². The number of nitrogens with one attached hydrogen (secondary N) is 2. The molecule has 1 aromatic carbocycles. The van der Waals surface area contributed by atoms with E-state index in [4.69, 9.17) is 4.52 Å². The predicted octanol–water partition coefficient (Wildman–Crippen LogP) is 2.86. The van der Waals surface area contributed by atoms with Gasteiger partial charge in [0, 0.05) is 13.0 Å². The van der Waals surface area contributed by atoms with E-state index in [1.54, 1.807) is 6.92 Å². The maximum atomic E-state index is 12.0. The maximum absolute atomic E-state index is 12.0. The van der Waals surface area contributed by atoms with E-state index in [-0.39, 0.29) is 12.1 Å². The quantitative estimate of drug-likeness (QED) is 0.884. The first-order chi connectivity index (χ1) is 11.6. The van der Waals surface area contributed by atoms with Gasteiger partial charge < -0.3 is 15.2 Å². The lowest BCUT2D eigenvalue weighted by Crippen LogP contribution is -2.38. The summed E-state index contributed by atoms with van der Waals surface area (Å²) in [6, 6.07) is 6.36. The summed E-state index contributed by atoms with van der Waals surface area (Å²) in [4.78, 5) is 16.1. The number of aromatic nitrogens is 2. The molecular weight excluding hydrogens is 304 g/mol. The van der Waals surface area contributed by atoms with Crippen LogP contribution in [0.5, 0.6) is 0 Å². The van der Waals surface area contributed by atoms with Gasteiger partial charge in [0.15, 0.2) is 5.82 Å². The lowest BCUT2D eigenvalue weighted by Gasteiger charge is -2.20. The molecule has 0 saturated carbocycles. The highest BCUT2D eigenvalue weighted by molar-refractivity contribution is 5.74. The van der Waals surface area contributed by atoms with E-state index in [0.29, 0.717) is 24.7 Å². The Kier molecular flexibility index (Phi) is 5.13. The van der Waals surface area contributed by atoms with E-state index in [9.17, 15) is 4.79 Å². The minimum atomic E-state index is -0.184. The number of hydrogen-bond acceptors (Lipinski definition) is 4. The summed E-state index contributed by atoms with van der Waals surface area (Å²) in [7, 11) is 0. The molecule has 1 atom stereocenters. The van der Waals surface area contributed by atoms with Crippen LogP contribution < -0.4 is 10.6 Å². The molecule has 0 aliphatic heterocycles. The average molecular weight is 328 g/mol.